The Kier molecular flexibility index (Phi) is 5.25. The van der Waals surface area contributed by atoms with E-state index >= 15 is 0 Å². The summed E-state index contributed by atoms with van der Waals surface area (Å²) in [5, 5.41) is 7.05. The van der Waals surface area contributed by atoms with Gasteiger partial charge < -0.3 is 9.64 Å². The number of aromatic nitrogens is 3. The summed E-state index contributed by atoms with van der Waals surface area (Å²) in [5.41, 5.74) is 2.03. The van der Waals surface area contributed by atoms with Gasteiger partial charge in [-0.05, 0) is 45.0 Å². The molecule has 30 heavy (non-hydrogen) atoms. The number of hydrogen-bond donors (Lipinski definition) is 1. The van der Waals surface area contributed by atoms with Crippen LogP contribution in [0.1, 0.15) is 34.3 Å². The topological polar surface area (TPSA) is 106 Å². The Hall–Kier alpha value is -3.27. The third-order valence-electron chi connectivity index (χ3n) is 5.07. The lowest BCUT2D eigenvalue weighted by atomic mass is 10.1. The molecule has 1 aliphatic rings. The van der Waals surface area contributed by atoms with Gasteiger partial charge in [-0.2, -0.15) is 4.98 Å². The maximum atomic E-state index is 12.7. The van der Waals surface area contributed by atoms with Crippen molar-refractivity contribution in [3.63, 3.8) is 0 Å². The van der Waals surface area contributed by atoms with E-state index in [-0.39, 0.29) is 30.7 Å². The van der Waals surface area contributed by atoms with Crippen LogP contribution in [-0.2, 0) is 14.3 Å². The Morgan fingerprint density at radius 3 is 2.67 bits per heavy atom. The molecule has 9 nitrogen and oxygen atoms in total. The third kappa shape index (κ3) is 3.65. The maximum absolute atomic E-state index is 12.7. The van der Waals surface area contributed by atoms with Crippen LogP contribution in [-0.4, -0.2) is 45.5 Å². The van der Waals surface area contributed by atoms with Gasteiger partial charge in [0, 0.05) is 23.5 Å². The van der Waals surface area contributed by atoms with Crippen molar-refractivity contribution >= 4 is 45.7 Å². The number of anilines is 2. The van der Waals surface area contributed by atoms with Gasteiger partial charge in [0.05, 0.1) is 23.8 Å². The zero-order valence-electron chi connectivity index (χ0n) is 16.8. The number of fused-ring (bicyclic) bond motifs is 1. The minimum atomic E-state index is -0.508. The van der Waals surface area contributed by atoms with Crippen molar-refractivity contribution in [2.45, 2.75) is 27.2 Å². The standard InChI is InChI=1S/C20H21N5O4S/c1-4-29-18(28)13-5-7-15(8-6-13)24-10-14(9-16(24)26)17(27)21-19-22-20-25(23-19)11(2)12(3)30-20/h5-8,14H,4,9-10H2,1-3H3,(H,21,23,27). The number of carbonyl (C=O) groups excluding carboxylic acids is 3. The highest BCUT2D eigenvalue weighted by atomic mass is 32.1. The molecular formula is C20H21N5O4S. The fraction of sp³-hybridized carbons (Fsp3) is 0.350. The molecule has 0 saturated carbocycles. The molecule has 1 N–H and O–H groups in total. The van der Waals surface area contributed by atoms with E-state index in [9.17, 15) is 14.4 Å². The Morgan fingerprint density at radius 1 is 1.27 bits per heavy atom. The maximum Gasteiger partial charge on any atom is 0.338 e. The Bertz CT molecular complexity index is 1130. The molecule has 156 valence electrons. The van der Waals surface area contributed by atoms with E-state index in [1.54, 1.807) is 40.6 Å². The number of nitrogens with zero attached hydrogens (tertiary/aromatic N) is 4. The summed E-state index contributed by atoms with van der Waals surface area (Å²) in [6.07, 6.45) is 0.103. The van der Waals surface area contributed by atoms with Crippen LogP contribution in [0.2, 0.25) is 0 Å². The first kappa shape index (κ1) is 20.0. The van der Waals surface area contributed by atoms with E-state index in [1.807, 2.05) is 13.8 Å². The largest absolute Gasteiger partial charge is 0.462 e. The number of rotatable bonds is 5. The van der Waals surface area contributed by atoms with Gasteiger partial charge in [-0.25, -0.2) is 9.31 Å². The highest BCUT2D eigenvalue weighted by Gasteiger charge is 2.35. The molecular weight excluding hydrogens is 406 g/mol. The van der Waals surface area contributed by atoms with Crippen LogP contribution in [0.25, 0.3) is 4.96 Å². The predicted octanol–water partition coefficient (Wildman–Crippen LogP) is 2.58. The van der Waals surface area contributed by atoms with Crippen LogP contribution in [0.4, 0.5) is 11.6 Å². The predicted molar refractivity (Wildman–Crippen MR) is 112 cm³/mol. The smallest absolute Gasteiger partial charge is 0.338 e. The van der Waals surface area contributed by atoms with Crippen molar-refractivity contribution in [3.8, 4) is 0 Å². The first-order valence-electron chi connectivity index (χ1n) is 9.58. The number of esters is 1. The number of aryl methyl sites for hydroxylation is 2. The second kappa shape index (κ2) is 7.86. The van der Waals surface area contributed by atoms with E-state index in [2.05, 4.69) is 15.4 Å². The molecule has 4 rings (SSSR count). The van der Waals surface area contributed by atoms with Crippen molar-refractivity contribution in [2.75, 3.05) is 23.4 Å². The van der Waals surface area contributed by atoms with Gasteiger partial charge in [0.2, 0.25) is 22.7 Å². The average Bonchev–Trinajstić information content (AvgIpc) is 3.37. The second-order valence-corrected chi connectivity index (χ2v) is 8.22. The lowest BCUT2D eigenvalue weighted by molar-refractivity contribution is -0.122. The van der Waals surface area contributed by atoms with Crippen LogP contribution < -0.4 is 10.2 Å². The Morgan fingerprint density at radius 2 is 2.00 bits per heavy atom. The van der Waals surface area contributed by atoms with Crippen molar-refractivity contribution < 1.29 is 19.1 Å². The molecule has 3 heterocycles. The molecule has 1 fully saturated rings. The summed E-state index contributed by atoms with van der Waals surface area (Å²) in [5.74, 6) is -1.12. The summed E-state index contributed by atoms with van der Waals surface area (Å²) in [4.78, 5) is 44.6. The van der Waals surface area contributed by atoms with Crippen LogP contribution >= 0.6 is 11.3 Å². The fourth-order valence-corrected chi connectivity index (χ4v) is 4.24. The van der Waals surface area contributed by atoms with Crippen molar-refractivity contribution in [1.82, 2.24) is 14.6 Å². The molecule has 2 aromatic heterocycles. The van der Waals surface area contributed by atoms with E-state index in [0.717, 1.165) is 10.6 Å². The van der Waals surface area contributed by atoms with Crippen molar-refractivity contribution in [3.05, 3.63) is 40.4 Å². The highest BCUT2D eigenvalue weighted by molar-refractivity contribution is 7.17. The van der Waals surface area contributed by atoms with Crippen molar-refractivity contribution in [2.24, 2.45) is 5.92 Å². The molecule has 0 aliphatic carbocycles. The first-order valence-corrected chi connectivity index (χ1v) is 10.4. The molecule has 0 spiro atoms. The van der Waals surface area contributed by atoms with Gasteiger partial charge in [-0.3, -0.25) is 14.9 Å². The minimum absolute atomic E-state index is 0.103. The number of thiazole rings is 1. The lowest BCUT2D eigenvalue weighted by Crippen LogP contribution is -2.28. The van der Waals surface area contributed by atoms with Crippen LogP contribution in [0.3, 0.4) is 0 Å². The summed E-state index contributed by atoms with van der Waals surface area (Å²) in [7, 11) is 0. The third-order valence-corrected chi connectivity index (χ3v) is 6.12. The van der Waals surface area contributed by atoms with Crippen molar-refractivity contribution in [1.29, 1.82) is 0 Å². The Labute approximate surface area is 176 Å². The number of ether oxygens (including phenoxy) is 1. The monoisotopic (exact) mass is 427 g/mol. The molecule has 1 saturated heterocycles. The minimum Gasteiger partial charge on any atom is -0.462 e. The van der Waals surface area contributed by atoms with Gasteiger partial charge in [0.15, 0.2) is 0 Å². The molecule has 10 heteroatoms. The molecule has 1 aliphatic heterocycles. The lowest BCUT2D eigenvalue weighted by Gasteiger charge is -2.16. The summed E-state index contributed by atoms with van der Waals surface area (Å²) >= 11 is 1.51. The fourth-order valence-electron chi connectivity index (χ4n) is 3.33. The van der Waals surface area contributed by atoms with Gasteiger partial charge in [-0.15, -0.1) is 5.10 Å². The number of carbonyl (C=O) groups is 3. The zero-order valence-corrected chi connectivity index (χ0v) is 17.7. The zero-order chi connectivity index (χ0) is 21.4. The van der Waals surface area contributed by atoms with Crippen LogP contribution in [0.5, 0.6) is 0 Å². The van der Waals surface area contributed by atoms with Gasteiger partial charge in [-0.1, -0.05) is 11.3 Å². The number of hydrogen-bond acceptors (Lipinski definition) is 7. The van der Waals surface area contributed by atoms with E-state index < -0.39 is 11.9 Å². The molecule has 2 amide bonds. The number of benzene rings is 1. The highest BCUT2D eigenvalue weighted by Crippen LogP contribution is 2.27. The quantitative estimate of drug-likeness (QED) is 0.628. The molecule has 0 bridgehead atoms. The van der Waals surface area contributed by atoms with Gasteiger partial charge in [0.1, 0.15) is 0 Å². The normalized spacial score (nSPS) is 16.3. The molecule has 0 radical (unpaired) electrons. The molecule has 3 aromatic rings. The second-order valence-electron chi connectivity index (χ2n) is 7.04. The molecule has 1 unspecified atom stereocenters. The SMILES string of the molecule is CCOC(=O)c1ccc(N2CC(C(=O)Nc3nc4sc(C)c(C)n4n3)CC2=O)cc1. The molecule has 1 aromatic carbocycles. The summed E-state index contributed by atoms with van der Waals surface area (Å²) < 4.78 is 6.67. The van der Waals surface area contributed by atoms with Crippen LogP contribution in [0, 0.1) is 19.8 Å². The first-order chi connectivity index (χ1) is 14.4. The van der Waals surface area contributed by atoms with E-state index in [0.29, 0.717) is 22.8 Å². The Balaban J connectivity index is 1.43. The van der Waals surface area contributed by atoms with E-state index in [1.165, 1.54) is 11.3 Å². The molecule has 1 atom stereocenters. The summed E-state index contributed by atoms with van der Waals surface area (Å²) in [6, 6.07) is 6.58. The van der Waals surface area contributed by atoms with Crippen LogP contribution in [0.15, 0.2) is 24.3 Å². The average molecular weight is 427 g/mol. The van der Waals surface area contributed by atoms with Gasteiger partial charge in [0.25, 0.3) is 0 Å². The number of nitrogens with one attached hydrogen (secondary N) is 1. The summed E-state index contributed by atoms with van der Waals surface area (Å²) in [6.45, 7) is 6.23. The van der Waals surface area contributed by atoms with Gasteiger partial charge >= 0.3 is 5.97 Å². The number of amides is 2. The van der Waals surface area contributed by atoms with E-state index in [4.69, 9.17) is 4.74 Å².